The highest BCUT2D eigenvalue weighted by Crippen LogP contribution is 2.43. The standard InChI is InChI=1S/C68H40N4O2/c1-2-14-46(15-3-1)71-58-24-9-5-16-49(58)55-40-45(33-36-60(55)71)47-20-13-27-64-65(47)56-39-44(34-37-63(56)73-64)43-32-35-61-54(38-43)50-17-6-10-25-59(50)72(61)68-69-57-23-8-4-19-53(57)66(70-68)42-30-28-41(29-31-42)48-21-12-22-52-51-18-7-11-26-62(51)74-67(48)52/h1-40H. The first-order valence-electron chi connectivity index (χ1n) is 25.0. The van der Waals surface area contributed by atoms with Gasteiger partial charge in [0.05, 0.1) is 33.3 Å². The summed E-state index contributed by atoms with van der Waals surface area (Å²) in [6.45, 7) is 0. The van der Waals surface area contributed by atoms with Gasteiger partial charge in [0, 0.05) is 65.3 Å². The van der Waals surface area contributed by atoms with Crippen LogP contribution in [-0.2, 0) is 0 Å². The molecule has 16 aromatic rings. The lowest BCUT2D eigenvalue weighted by Crippen LogP contribution is -2.03. The molecule has 0 amide bonds. The van der Waals surface area contributed by atoms with Gasteiger partial charge in [-0.1, -0.05) is 164 Å². The van der Waals surface area contributed by atoms with Crippen LogP contribution in [0.3, 0.4) is 0 Å². The minimum absolute atomic E-state index is 0.621. The zero-order valence-electron chi connectivity index (χ0n) is 39.7. The molecule has 0 radical (unpaired) electrons. The molecule has 16 rings (SSSR count). The van der Waals surface area contributed by atoms with Crippen LogP contribution >= 0.6 is 0 Å². The number of benzene rings is 11. The average Bonchev–Trinajstić information content (AvgIpc) is 4.23. The lowest BCUT2D eigenvalue weighted by atomic mass is 9.96. The first-order chi connectivity index (χ1) is 36.7. The molecule has 5 heterocycles. The Balaban J connectivity index is 0.807. The Morgan fingerprint density at radius 2 is 0.838 bits per heavy atom. The van der Waals surface area contributed by atoms with Crippen LogP contribution in [0.2, 0.25) is 0 Å². The summed E-state index contributed by atoms with van der Waals surface area (Å²) in [5, 5.41) is 10.1. The van der Waals surface area contributed by atoms with Crippen molar-refractivity contribution in [2.75, 3.05) is 0 Å². The second kappa shape index (κ2) is 15.7. The number of nitrogens with zero attached hydrogens (tertiary/aromatic N) is 4. The Morgan fingerprint density at radius 1 is 0.297 bits per heavy atom. The molecule has 6 nitrogen and oxygen atoms in total. The summed E-state index contributed by atoms with van der Waals surface area (Å²) < 4.78 is 17.6. The van der Waals surface area contributed by atoms with Gasteiger partial charge >= 0.3 is 0 Å². The molecule has 0 aliphatic heterocycles. The second-order valence-corrected chi connectivity index (χ2v) is 19.2. The van der Waals surface area contributed by atoms with Gasteiger partial charge in [0.25, 0.3) is 0 Å². The number of hydrogen-bond acceptors (Lipinski definition) is 4. The minimum atomic E-state index is 0.621. The van der Waals surface area contributed by atoms with Gasteiger partial charge in [-0.25, -0.2) is 9.97 Å². The summed E-state index contributed by atoms with van der Waals surface area (Å²) >= 11 is 0. The highest BCUT2D eigenvalue weighted by atomic mass is 16.3. The van der Waals surface area contributed by atoms with Crippen molar-refractivity contribution < 1.29 is 8.83 Å². The van der Waals surface area contributed by atoms with Gasteiger partial charge in [0.15, 0.2) is 0 Å². The quantitative estimate of drug-likeness (QED) is 0.167. The zero-order valence-corrected chi connectivity index (χ0v) is 39.7. The molecule has 0 aliphatic rings. The molecule has 74 heavy (non-hydrogen) atoms. The molecular weight excluding hydrogens is 905 g/mol. The van der Waals surface area contributed by atoms with Crippen LogP contribution in [0.15, 0.2) is 251 Å². The molecular formula is C68H40N4O2. The van der Waals surface area contributed by atoms with Crippen LogP contribution in [-0.4, -0.2) is 19.1 Å². The van der Waals surface area contributed by atoms with Gasteiger partial charge in [-0.2, -0.15) is 0 Å². The van der Waals surface area contributed by atoms with E-state index in [-0.39, 0.29) is 0 Å². The van der Waals surface area contributed by atoms with Crippen molar-refractivity contribution in [3.63, 3.8) is 0 Å². The zero-order chi connectivity index (χ0) is 48.4. The third kappa shape index (κ3) is 6.06. The van der Waals surface area contributed by atoms with Gasteiger partial charge in [0.2, 0.25) is 5.95 Å². The maximum absolute atomic E-state index is 6.60. The highest BCUT2D eigenvalue weighted by Gasteiger charge is 2.21. The fourth-order valence-corrected chi connectivity index (χ4v) is 11.8. The van der Waals surface area contributed by atoms with Gasteiger partial charge in [-0.15, -0.1) is 0 Å². The predicted octanol–water partition coefficient (Wildman–Crippen LogP) is 18.3. The molecule has 6 heteroatoms. The number of hydrogen-bond donors (Lipinski definition) is 0. The Morgan fingerprint density at radius 3 is 1.65 bits per heavy atom. The monoisotopic (exact) mass is 944 g/mol. The van der Waals surface area contributed by atoms with Crippen molar-refractivity contribution in [2.24, 2.45) is 0 Å². The summed E-state index contributed by atoms with van der Waals surface area (Å²) in [7, 11) is 0. The number of rotatable bonds is 6. The molecule has 0 bridgehead atoms. The smallest absolute Gasteiger partial charge is 0.235 e. The van der Waals surface area contributed by atoms with E-state index in [1.165, 1.54) is 21.8 Å². The number of para-hydroxylation sites is 6. The van der Waals surface area contributed by atoms with Crippen molar-refractivity contribution >= 4 is 98.4 Å². The maximum atomic E-state index is 6.60. The van der Waals surface area contributed by atoms with Crippen molar-refractivity contribution in [1.82, 2.24) is 19.1 Å². The lowest BCUT2D eigenvalue weighted by molar-refractivity contribution is 0.669. The largest absolute Gasteiger partial charge is 0.456 e. The van der Waals surface area contributed by atoms with Crippen LogP contribution in [0.5, 0.6) is 0 Å². The second-order valence-electron chi connectivity index (χ2n) is 19.2. The summed E-state index contributed by atoms with van der Waals surface area (Å²) in [5.41, 5.74) is 18.5. The van der Waals surface area contributed by atoms with E-state index in [2.05, 4.69) is 234 Å². The van der Waals surface area contributed by atoms with Gasteiger partial charge in [-0.3, -0.25) is 4.57 Å². The lowest BCUT2D eigenvalue weighted by Gasteiger charge is -2.12. The Labute approximate surface area is 423 Å². The number of aromatic nitrogens is 4. The molecule has 0 atom stereocenters. The van der Waals surface area contributed by atoms with E-state index in [4.69, 9.17) is 18.8 Å². The molecule has 0 spiro atoms. The molecule has 11 aromatic carbocycles. The SMILES string of the molecule is c1ccc(-n2c3ccccc3c3cc(-c4cccc5oc6ccc(-c7ccc8c(c7)c7ccccc7n8-c7nc(-c8ccc(-c9cccc%10c9oc9ccccc9%10)cc8)c8ccccc8n7)cc6c45)ccc32)cc1. The van der Waals surface area contributed by atoms with E-state index in [0.29, 0.717) is 5.95 Å². The molecule has 0 aliphatic carbocycles. The van der Waals surface area contributed by atoms with Crippen LogP contribution in [0.4, 0.5) is 0 Å². The summed E-state index contributed by atoms with van der Waals surface area (Å²) in [6.07, 6.45) is 0. The van der Waals surface area contributed by atoms with E-state index in [0.717, 1.165) is 127 Å². The normalized spacial score (nSPS) is 12.1. The third-order valence-corrected chi connectivity index (χ3v) is 15.2. The van der Waals surface area contributed by atoms with E-state index in [9.17, 15) is 0 Å². The van der Waals surface area contributed by atoms with Crippen molar-refractivity contribution in [3.8, 4) is 56.3 Å². The molecule has 0 saturated carbocycles. The summed E-state index contributed by atoms with van der Waals surface area (Å²) in [5.74, 6) is 0.621. The molecule has 0 N–H and O–H groups in total. The molecule has 0 unspecified atom stereocenters. The maximum Gasteiger partial charge on any atom is 0.235 e. The first-order valence-corrected chi connectivity index (χ1v) is 25.0. The van der Waals surface area contributed by atoms with Gasteiger partial charge < -0.3 is 13.4 Å². The van der Waals surface area contributed by atoms with Gasteiger partial charge in [0.1, 0.15) is 22.3 Å². The Bertz CT molecular complexity index is 4960. The topological polar surface area (TPSA) is 61.9 Å². The predicted molar refractivity (Wildman–Crippen MR) is 305 cm³/mol. The van der Waals surface area contributed by atoms with E-state index < -0.39 is 0 Å². The summed E-state index contributed by atoms with van der Waals surface area (Å²) in [6, 6.07) is 86.1. The number of furan rings is 2. The molecule has 344 valence electrons. The third-order valence-electron chi connectivity index (χ3n) is 15.2. The Hall–Kier alpha value is -10.0. The average molecular weight is 945 g/mol. The summed E-state index contributed by atoms with van der Waals surface area (Å²) in [4.78, 5) is 10.7. The fourth-order valence-electron chi connectivity index (χ4n) is 11.8. The molecule has 5 aromatic heterocycles. The van der Waals surface area contributed by atoms with Crippen LogP contribution in [0.25, 0.3) is 155 Å². The first kappa shape index (κ1) is 40.7. The van der Waals surface area contributed by atoms with E-state index in [1.807, 2.05) is 18.2 Å². The molecule has 0 fully saturated rings. The van der Waals surface area contributed by atoms with Crippen LogP contribution < -0.4 is 0 Å². The number of fused-ring (bicyclic) bond motifs is 13. The van der Waals surface area contributed by atoms with E-state index >= 15 is 0 Å². The highest BCUT2D eigenvalue weighted by molar-refractivity contribution is 6.17. The Kier molecular flexibility index (Phi) is 8.64. The fraction of sp³-hybridized carbons (Fsp3) is 0. The molecule has 0 saturated heterocycles. The van der Waals surface area contributed by atoms with Crippen molar-refractivity contribution in [1.29, 1.82) is 0 Å². The minimum Gasteiger partial charge on any atom is -0.456 e. The van der Waals surface area contributed by atoms with Crippen molar-refractivity contribution in [3.05, 3.63) is 243 Å². The van der Waals surface area contributed by atoms with Crippen molar-refractivity contribution in [2.45, 2.75) is 0 Å². The van der Waals surface area contributed by atoms with Gasteiger partial charge in [-0.05, 0) is 107 Å². The van der Waals surface area contributed by atoms with E-state index in [1.54, 1.807) is 0 Å². The van der Waals surface area contributed by atoms with Crippen LogP contribution in [0, 0.1) is 0 Å². The van der Waals surface area contributed by atoms with Crippen LogP contribution in [0.1, 0.15) is 0 Å².